The smallest absolute Gasteiger partial charge is 0.251 e. The summed E-state index contributed by atoms with van der Waals surface area (Å²) >= 11 is 5.92. The molecule has 1 saturated carbocycles. The standard InChI is InChI=1S/C18H23ClN2O2/c19-15-7-3-6-14(12-15)17(22)20-16-8-10-21(11-9-16)18(23)13-4-1-2-5-13/h3,6-7,12-13,16H,1-2,4-5,8-11H2,(H,20,22). The predicted octanol–water partition coefficient (Wildman–Crippen LogP) is 3.25. The van der Waals surface area contributed by atoms with E-state index in [1.807, 2.05) is 4.90 Å². The van der Waals surface area contributed by atoms with Crippen LogP contribution < -0.4 is 5.32 Å². The number of carbonyl (C=O) groups is 2. The maximum Gasteiger partial charge on any atom is 0.251 e. The van der Waals surface area contributed by atoms with Gasteiger partial charge >= 0.3 is 0 Å². The SMILES string of the molecule is O=C(NC1CCN(C(=O)C2CCCC2)CC1)c1cccc(Cl)c1. The highest BCUT2D eigenvalue weighted by atomic mass is 35.5. The van der Waals surface area contributed by atoms with Gasteiger partial charge in [-0.05, 0) is 43.9 Å². The molecule has 0 aromatic heterocycles. The number of piperidine rings is 1. The first-order chi connectivity index (χ1) is 11.1. The minimum Gasteiger partial charge on any atom is -0.349 e. The second-order valence-corrected chi connectivity index (χ2v) is 7.00. The molecule has 1 heterocycles. The van der Waals surface area contributed by atoms with Gasteiger partial charge in [0.1, 0.15) is 0 Å². The molecule has 2 fully saturated rings. The second kappa shape index (κ2) is 7.35. The van der Waals surface area contributed by atoms with E-state index in [1.54, 1.807) is 24.3 Å². The van der Waals surface area contributed by atoms with Crippen LogP contribution in [0.4, 0.5) is 0 Å². The molecule has 0 bridgehead atoms. The van der Waals surface area contributed by atoms with Crippen molar-refractivity contribution in [2.75, 3.05) is 13.1 Å². The van der Waals surface area contributed by atoms with Crippen LogP contribution in [-0.2, 0) is 4.79 Å². The minimum absolute atomic E-state index is 0.0898. The summed E-state index contributed by atoms with van der Waals surface area (Å²) in [5.74, 6) is 0.475. The molecule has 1 aromatic rings. The van der Waals surface area contributed by atoms with Gasteiger partial charge in [0.15, 0.2) is 0 Å². The monoisotopic (exact) mass is 334 g/mol. The van der Waals surface area contributed by atoms with Crippen LogP contribution in [0.2, 0.25) is 5.02 Å². The van der Waals surface area contributed by atoms with E-state index in [0.29, 0.717) is 16.5 Å². The molecule has 3 rings (SSSR count). The Kier molecular flexibility index (Phi) is 5.21. The summed E-state index contributed by atoms with van der Waals surface area (Å²) in [5.41, 5.74) is 0.585. The molecule has 1 aliphatic carbocycles. The topological polar surface area (TPSA) is 49.4 Å². The third-order valence-corrected chi connectivity index (χ3v) is 5.17. The minimum atomic E-state index is -0.0898. The molecule has 1 N–H and O–H groups in total. The van der Waals surface area contributed by atoms with Gasteiger partial charge in [-0.15, -0.1) is 0 Å². The van der Waals surface area contributed by atoms with Crippen molar-refractivity contribution in [2.45, 2.75) is 44.6 Å². The summed E-state index contributed by atoms with van der Waals surface area (Å²) in [6, 6.07) is 7.11. The fourth-order valence-corrected chi connectivity index (χ4v) is 3.76. The molecule has 0 spiro atoms. The fourth-order valence-electron chi connectivity index (χ4n) is 3.57. The Hall–Kier alpha value is -1.55. The van der Waals surface area contributed by atoms with Crippen LogP contribution in [-0.4, -0.2) is 35.8 Å². The summed E-state index contributed by atoms with van der Waals surface area (Å²) in [4.78, 5) is 26.6. The van der Waals surface area contributed by atoms with Gasteiger partial charge in [-0.2, -0.15) is 0 Å². The highest BCUT2D eigenvalue weighted by molar-refractivity contribution is 6.30. The zero-order chi connectivity index (χ0) is 16.2. The van der Waals surface area contributed by atoms with Crippen molar-refractivity contribution in [3.05, 3.63) is 34.9 Å². The molecule has 124 valence electrons. The lowest BCUT2D eigenvalue weighted by atomic mass is 10.0. The average molecular weight is 335 g/mol. The normalized spacial score (nSPS) is 19.8. The first-order valence-electron chi connectivity index (χ1n) is 8.49. The Morgan fingerprint density at radius 2 is 1.78 bits per heavy atom. The lowest BCUT2D eigenvalue weighted by Crippen LogP contribution is -2.47. The van der Waals surface area contributed by atoms with Crippen molar-refractivity contribution in [1.82, 2.24) is 10.2 Å². The molecule has 1 aliphatic heterocycles. The van der Waals surface area contributed by atoms with Gasteiger partial charge in [0.05, 0.1) is 0 Å². The van der Waals surface area contributed by atoms with Crippen LogP contribution >= 0.6 is 11.6 Å². The van der Waals surface area contributed by atoms with Gasteiger partial charge in [-0.3, -0.25) is 9.59 Å². The molecule has 0 radical (unpaired) electrons. The first-order valence-corrected chi connectivity index (χ1v) is 8.86. The lowest BCUT2D eigenvalue weighted by Gasteiger charge is -2.34. The molecule has 0 atom stereocenters. The molecular weight excluding hydrogens is 312 g/mol. The number of likely N-dealkylation sites (tertiary alicyclic amines) is 1. The van der Waals surface area contributed by atoms with E-state index in [1.165, 1.54) is 12.8 Å². The highest BCUT2D eigenvalue weighted by Crippen LogP contribution is 2.27. The Morgan fingerprint density at radius 1 is 1.09 bits per heavy atom. The molecule has 5 heteroatoms. The Labute approximate surface area is 142 Å². The van der Waals surface area contributed by atoms with E-state index >= 15 is 0 Å². The van der Waals surface area contributed by atoms with Gasteiger partial charge in [0.25, 0.3) is 5.91 Å². The Bertz CT molecular complexity index is 576. The van der Waals surface area contributed by atoms with Crippen LogP contribution in [0.3, 0.4) is 0 Å². The lowest BCUT2D eigenvalue weighted by molar-refractivity contribution is -0.136. The van der Waals surface area contributed by atoms with Crippen molar-refractivity contribution in [1.29, 1.82) is 0 Å². The van der Waals surface area contributed by atoms with Crippen LogP contribution in [0.15, 0.2) is 24.3 Å². The molecule has 23 heavy (non-hydrogen) atoms. The van der Waals surface area contributed by atoms with E-state index in [2.05, 4.69) is 5.32 Å². The Balaban J connectivity index is 1.49. The number of amides is 2. The van der Waals surface area contributed by atoms with Crippen LogP contribution in [0.25, 0.3) is 0 Å². The molecule has 4 nitrogen and oxygen atoms in total. The number of rotatable bonds is 3. The summed E-state index contributed by atoms with van der Waals surface area (Å²) in [5, 5.41) is 3.62. The van der Waals surface area contributed by atoms with Crippen molar-refractivity contribution >= 4 is 23.4 Å². The molecule has 1 aromatic carbocycles. The zero-order valence-corrected chi connectivity index (χ0v) is 14.0. The number of benzene rings is 1. The number of hydrogen-bond donors (Lipinski definition) is 1. The maximum absolute atomic E-state index is 12.4. The largest absolute Gasteiger partial charge is 0.349 e. The van der Waals surface area contributed by atoms with E-state index < -0.39 is 0 Å². The Morgan fingerprint density at radius 3 is 2.43 bits per heavy atom. The molecule has 2 aliphatic rings. The third kappa shape index (κ3) is 4.05. The van der Waals surface area contributed by atoms with Crippen molar-refractivity contribution in [2.24, 2.45) is 5.92 Å². The number of halogens is 1. The van der Waals surface area contributed by atoms with E-state index in [-0.39, 0.29) is 17.9 Å². The van der Waals surface area contributed by atoms with Gasteiger partial charge in [0, 0.05) is 35.6 Å². The first kappa shape index (κ1) is 16.3. The number of nitrogens with zero attached hydrogens (tertiary/aromatic N) is 1. The highest BCUT2D eigenvalue weighted by Gasteiger charge is 2.30. The quantitative estimate of drug-likeness (QED) is 0.922. The van der Waals surface area contributed by atoms with Crippen molar-refractivity contribution in [3.8, 4) is 0 Å². The van der Waals surface area contributed by atoms with Crippen LogP contribution in [0.5, 0.6) is 0 Å². The third-order valence-electron chi connectivity index (χ3n) is 4.93. The number of nitrogens with one attached hydrogen (secondary N) is 1. The fraction of sp³-hybridized carbons (Fsp3) is 0.556. The van der Waals surface area contributed by atoms with Gasteiger partial charge in [-0.1, -0.05) is 30.5 Å². The van der Waals surface area contributed by atoms with Gasteiger partial charge < -0.3 is 10.2 Å². The average Bonchev–Trinajstić information content (AvgIpc) is 3.09. The molecule has 1 saturated heterocycles. The van der Waals surface area contributed by atoms with Gasteiger partial charge in [-0.25, -0.2) is 0 Å². The predicted molar refractivity (Wildman–Crippen MR) is 90.5 cm³/mol. The maximum atomic E-state index is 12.4. The van der Waals surface area contributed by atoms with Crippen molar-refractivity contribution in [3.63, 3.8) is 0 Å². The molecule has 0 unspecified atom stereocenters. The van der Waals surface area contributed by atoms with Crippen LogP contribution in [0, 0.1) is 5.92 Å². The number of hydrogen-bond acceptors (Lipinski definition) is 2. The van der Waals surface area contributed by atoms with E-state index in [9.17, 15) is 9.59 Å². The van der Waals surface area contributed by atoms with Gasteiger partial charge in [0.2, 0.25) is 5.91 Å². The summed E-state index contributed by atoms with van der Waals surface area (Å²) in [7, 11) is 0. The van der Waals surface area contributed by atoms with Crippen LogP contribution in [0.1, 0.15) is 48.9 Å². The zero-order valence-electron chi connectivity index (χ0n) is 13.3. The molecule has 2 amide bonds. The van der Waals surface area contributed by atoms with E-state index in [0.717, 1.165) is 38.8 Å². The second-order valence-electron chi connectivity index (χ2n) is 6.56. The summed E-state index contributed by atoms with van der Waals surface area (Å²) < 4.78 is 0. The summed E-state index contributed by atoms with van der Waals surface area (Å²) in [6.07, 6.45) is 6.11. The summed E-state index contributed by atoms with van der Waals surface area (Å²) in [6.45, 7) is 1.49. The van der Waals surface area contributed by atoms with E-state index in [4.69, 9.17) is 11.6 Å². The molecular formula is C18H23ClN2O2. The van der Waals surface area contributed by atoms with Crippen molar-refractivity contribution < 1.29 is 9.59 Å². The number of carbonyl (C=O) groups excluding carboxylic acids is 2.